The maximum Gasteiger partial charge on any atom is 0.305 e. The molecule has 14 heteroatoms. The topological polar surface area (TPSA) is 105 Å². The molecular formula is C33H32ClF3N4O5S. The molecule has 2 aromatic carbocycles. The van der Waals surface area contributed by atoms with Crippen LogP contribution in [0.25, 0.3) is 11.0 Å². The number of aryl methyl sites for hydroxylation is 1. The van der Waals surface area contributed by atoms with E-state index in [-0.39, 0.29) is 85.1 Å². The average Bonchev–Trinajstić information content (AvgIpc) is 3.81. The van der Waals surface area contributed by atoms with E-state index in [0.29, 0.717) is 28.8 Å². The number of para-hydroxylation sites is 1. The first-order chi connectivity index (χ1) is 22.5. The zero-order valence-electron chi connectivity index (χ0n) is 25.4. The molecule has 0 radical (unpaired) electrons. The third kappa shape index (κ3) is 7.31. The zero-order chi connectivity index (χ0) is 33.3. The highest BCUT2D eigenvalue weighted by molar-refractivity contribution is 7.11. The molecule has 0 spiro atoms. The summed E-state index contributed by atoms with van der Waals surface area (Å²) in [5, 5.41) is 3.92. The van der Waals surface area contributed by atoms with Crippen LogP contribution in [0.1, 0.15) is 57.5 Å². The highest BCUT2D eigenvalue weighted by atomic mass is 35.5. The Kier molecular flexibility index (Phi) is 9.58. The number of anilines is 1. The van der Waals surface area contributed by atoms with Crippen LogP contribution in [-0.2, 0) is 27.2 Å². The number of nitrogens with one attached hydrogen (secondary N) is 1. The summed E-state index contributed by atoms with van der Waals surface area (Å²) in [5.74, 6) is -4.68. The fraction of sp³-hybridized carbons (Fsp3) is 0.394. The standard InChI is InChI=1S/C33H32ClF3N4O5S/c1-45-30(43)7-6-21-16-38-32(47-21)27-14-20(40-10-8-33(36,37)9-11-40)17-41(27)29(42)13-19-12-24(34)26(15-25(19)35)39-31(44)23-18-46-28-5-3-2-4-22(23)28/h2-5,12,15-16,18,20,27H,6-11,13-14,17H2,1H3,(H,39,44)/t20-,27-/m0/s1. The second-order valence-corrected chi connectivity index (χ2v) is 13.3. The summed E-state index contributed by atoms with van der Waals surface area (Å²) in [5.41, 5.74) is 0.877. The van der Waals surface area contributed by atoms with Crippen LogP contribution in [0.3, 0.4) is 0 Å². The van der Waals surface area contributed by atoms with Crippen LogP contribution in [0, 0.1) is 5.82 Å². The van der Waals surface area contributed by atoms with Crippen LogP contribution in [0.15, 0.2) is 53.3 Å². The zero-order valence-corrected chi connectivity index (χ0v) is 27.0. The average molecular weight is 689 g/mol. The molecule has 6 rings (SSSR count). The van der Waals surface area contributed by atoms with E-state index >= 15 is 4.39 Å². The van der Waals surface area contributed by atoms with Gasteiger partial charge in [-0.15, -0.1) is 11.3 Å². The van der Waals surface area contributed by atoms with Crippen LogP contribution in [-0.4, -0.2) is 71.3 Å². The molecule has 2 amide bonds. The molecule has 1 N–H and O–H groups in total. The Morgan fingerprint density at radius 1 is 1.19 bits per heavy atom. The first-order valence-electron chi connectivity index (χ1n) is 15.2. The number of hydrogen-bond acceptors (Lipinski definition) is 8. The monoisotopic (exact) mass is 688 g/mol. The summed E-state index contributed by atoms with van der Waals surface area (Å²) in [7, 11) is 1.32. The number of methoxy groups -OCH3 is 1. The molecule has 0 aliphatic carbocycles. The highest BCUT2D eigenvalue weighted by Crippen LogP contribution is 2.39. The SMILES string of the molecule is COC(=O)CCc1cnc([C@@H]2C[C@H](N3CCC(F)(F)CC3)CN2C(=O)Cc2cc(Cl)c(NC(=O)c3coc4ccccc34)cc2F)s1. The second kappa shape index (κ2) is 13.7. The summed E-state index contributed by atoms with van der Waals surface area (Å²) in [4.78, 5) is 47.4. The number of carbonyl (C=O) groups is 3. The van der Waals surface area contributed by atoms with Crippen molar-refractivity contribution in [3.8, 4) is 0 Å². The maximum absolute atomic E-state index is 15.4. The van der Waals surface area contributed by atoms with Gasteiger partial charge in [0.2, 0.25) is 5.91 Å². The van der Waals surface area contributed by atoms with Gasteiger partial charge in [-0.1, -0.05) is 29.8 Å². The van der Waals surface area contributed by atoms with Gasteiger partial charge in [-0.05, 0) is 36.6 Å². The van der Waals surface area contributed by atoms with E-state index in [9.17, 15) is 23.2 Å². The molecule has 4 aromatic rings. The van der Waals surface area contributed by atoms with Gasteiger partial charge < -0.3 is 19.4 Å². The Morgan fingerprint density at radius 2 is 1.96 bits per heavy atom. The molecule has 4 heterocycles. The van der Waals surface area contributed by atoms with Gasteiger partial charge >= 0.3 is 5.97 Å². The predicted molar refractivity (Wildman–Crippen MR) is 170 cm³/mol. The van der Waals surface area contributed by atoms with Crippen LogP contribution >= 0.6 is 22.9 Å². The predicted octanol–water partition coefficient (Wildman–Crippen LogP) is 6.66. The van der Waals surface area contributed by atoms with Gasteiger partial charge in [-0.25, -0.2) is 18.2 Å². The lowest BCUT2D eigenvalue weighted by Crippen LogP contribution is -2.46. The number of halogens is 4. The van der Waals surface area contributed by atoms with Gasteiger partial charge in [0.15, 0.2) is 0 Å². The number of likely N-dealkylation sites (tertiary alicyclic amines) is 2. The van der Waals surface area contributed by atoms with Crippen molar-refractivity contribution in [2.75, 3.05) is 32.1 Å². The quantitative estimate of drug-likeness (QED) is 0.196. The number of rotatable bonds is 9. The number of thiazole rings is 1. The third-order valence-corrected chi connectivity index (χ3v) is 10.2. The van der Waals surface area contributed by atoms with Crippen molar-refractivity contribution < 1.29 is 36.7 Å². The Hall–Kier alpha value is -3.94. The summed E-state index contributed by atoms with van der Waals surface area (Å²) < 4.78 is 53.4. The lowest BCUT2D eigenvalue weighted by molar-refractivity contribution is -0.140. The number of nitrogens with zero attached hydrogens (tertiary/aromatic N) is 3. The number of carbonyl (C=O) groups excluding carboxylic acids is 3. The van der Waals surface area contributed by atoms with E-state index in [4.69, 9.17) is 20.8 Å². The van der Waals surface area contributed by atoms with Gasteiger partial charge in [0, 0.05) is 55.0 Å². The number of fused-ring (bicyclic) bond motifs is 1. The van der Waals surface area contributed by atoms with E-state index in [0.717, 1.165) is 10.9 Å². The Bertz CT molecular complexity index is 1800. The van der Waals surface area contributed by atoms with E-state index in [2.05, 4.69) is 10.3 Å². The largest absolute Gasteiger partial charge is 0.469 e. The Labute approximate surface area is 277 Å². The lowest BCUT2D eigenvalue weighted by Gasteiger charge is -2.35. The molecule has 0 unspecified atom stereocenters. The first-order valence-corrected chi connectivity index (χ1v) is 16.4. The fourth-order valence-corrected chi connectivity index (χ4v) is 7.43. The summed E-state index contributed by atoms with van der Waals surface area (Å²) >= 11 is 7.84. The molecule has 2 aromatic heterocycles. The van der Waals surface area contributed by atoms with Crippen molar-refractivity contribution in [2.24, 2.45) is 0 Å². The minimum absolute atomic E-state index is 0.0407. The van der Waals surface area contributed by atoms with E-state index in [1.54, 1.807) is 35.4 Å². The summed E-state index contributed by atoms with van der Waals surface area (Å²) in [6, 6.07) is 8.78. The molecule has 2 aliphatic rings. The minimum atomic E-state index is -2.71. The molecule has 0 bridgehead atoms. The number of piperidine rings is 1. The number of amides is 2. The number of ether oxygens (including phenoxy) is 1. The van der Waals surface area contributed by atoms with Crippen molar-refractivity contribution >= 4 is 57.4 Å². The number of hydrogen-bond donors (Lipinski definition) is 1. The summed E-state index contributed by atoms with van der Waals surface area (Å²) in [6.07, 6.45) is 3.27. The van der Waals surface area contributed by atoms with Crippen LogP contribution < -0.4 is 5.32 Å². The normalized spacial score (nSPS) is 19.6. The van der Waals surface area contributed by atoms with Gasteiger partial charge in [0.05, 0.1) is 42.3 Å². The van der Waals surface area contributed by atoms with E-state index in [1.807, 2.05) is 4.90 Å². The molecule has 2 aliphatic heterocycles. The third-order valence-electron chi connectivity index (χ3n) is 8.76. The second-order valence-electron chi connectivity index (χ2n) is 11.8. The molecule has 9 nitrogen and oxygen atoms in total. The number of benzene rings is 2. The molecule has 2 atom stereocenters. The van der Waals surface area contributed by atoms with Crippen molar-refractivity contribution in [1.82, 2.24) is 14.8 Å². The molecule has 0 saturated carbocycles. The number of aromatic nitrogens is 1. The van der Waals surface area contributed by atoms with Crippen molar-refractivity contribution in [2.45, 2.75) is 56.5 Å². The van der Waals surface area contributed by atoms with Crippen LogP contribution in [0.4, 0.5) is 18.9 Å². The van der Waals surface area contributed by atoms with Gasteiger partial charge in [-0.3, -0.25) is 19.3 Å². The molecule has 47 heavy (non-hydrogen) atoms. The van der Waals surface area contributed by atoms with Gasteiger partial charge in [-0.2, -0.15) is 0 Å². The van der Waals surface area contributed by atoms with Crippen LogP contribution in [0.5, 0.6) is 0 Å². The highest BCUT2D eigenvalue weighted by Gasteiger charge is 2.43. The maximum atomic E-state index is 15.4. The first kappa shape index (κ1) is 33.0. The number of furan rings is 1. The number of alkyl halides is 2. The fourth-order valence-electron chi connectivity index (χ4n) is 6.15. The van der Waals surface area contributed by atoms with Crippen LogP contribution in [0.2, 0.25) is 5.02 Å². The van der Waals surface area contributed by atoms with Gasteiger partial charge in [0.1, 0.15) is 22.7 Å². The minimum Gasteiger partial charge on any atom is -0.469 e. The van der Waals surface area contributed by atoms with Crippen molar-refractivity contribution in [1.29, 1.82) is 0 Å². The van der Waals surface area contributed by atoms with E-state index < -0.39 is 23.7 Å². The molecule has 248 valence electrons. The lowest BCUT2D eigenvalue weighted by atomic mass is 10.0. The van der Waals surface area contributed by atoms with Crippen molar-refractivity contribution in [3.05, 3.63) is 80.7 Å². The molecule has 2 saturated heterocycles. The molecular weight excluding hydrogens is 657 g/mol. The molecule has 2 fully saturated rings. The summed E-state index contributed by atoms with van der Waals surface area (Å²) in [6.45, 7) is 0.690. The van der Waals surface area contributed by atoms with Gasteiger partial charge in [0.25, 0.3) is 11.8 Å². The van der Waals surface area contributed by atoms with E-state index in [1.165, 1.54) is 30.8 Å². The smallest absolute Gasteiger partial charge is 0.305 e. The number of esters is 1. The van der Waals surface area contributed by atoms with Crippen molar-refractivity contribution in [3.63, 3.8) is 0 Å². The Morgan fingerprint density at radius 3 is 2.72 bits per heavy atom. The Balaban J connectivity index is 1.19.